The molecule has 0 unspecified atom stereocenters. The van der Waals surface area contributed by atoms with E-state index >= 15 is 4.79 Å². The maximum Gasteiger partial charge on any atom is 0.246 e. The third-order valence-corrected chi connectivity index (χ3v) is 13.2. The van der Waals surface area contributed by atoms with Gasteiger partial charge in [0.1, 0.15) is 11.5 Å². The van der Waals surface area contributed by atoms with Gasteiger partial charge in [-0.25, -0.2) is 4.90 Å². The number of piperidine rings is 1. The van der Waals surface area contributed by atoms with E-state index < -0.39 is 46.8 Å². The van der Waals surface area contributed by atoms with Crippen LogP contribution in [-0.2, 0) is 31.1 Å². The van der Waals surface area contributed by atoms with Crippen LogP contribution in [0.25, 0.3) is 0 Å². The standard InChI is InChI=1S/C45H42ClN3O6/c1-55-32-15-16-34(38(50)24-32)40-33-17-18-35-39(43(53)48(41(35)51)30-19-21-47(22-20-30)26-27-9-4-2-5-10-27)36(33)25-37-42(52)49(31-14-8-13-29(46)23-31)44(54)45(37,40)28-11-6-3-7-12-28/h2-17,23-24,30,35-37,39-40,50H,18-22,25-26H2,1H3/t35-,36+,37-,39-,40+,45+/m0/s1. The van der Waals surface area contributed by atoms with Gasteiger partial charge in [0.25, 0.3) is 0 Å². The third-order valence-electron chi connectivity index (χ3n) is 12.9. The van der Waals surface area contributed by atoms with E-state index in [0.29, 0.717) is 46.8 Å². The van der Waals surface area contributed by atoms with Crippen molar-refractivity contribution in [3.8, 4) is 11.5 Å². The number of halogens is 1. The zero-order valence-electron chi connectivity index (χ0n) is 30.5. The van der Waals surface area contributed by atoms with E-state index in [9.17, 15) is 19.5 Å². The zero-order chi connectivity index (χ0) is 38.0. The lowest BCUT2D eigenvalue weighted by molar-refractivity contribution is -0.144. The quantitative estimate of drug-likeness (QED) is 0.162. The number of ether oxygens (including phenoxy) is 1. The number of imide groups is 2. The number of aromatic hydroxyl groups is 1. The Kier molecular flexibility index (Phi) is 8.89. The molecule has 1 saturated carbocycles. The number of likely N-dealkylation sites (tertiary alicyclic amines) is 2. The number of carbonyl (C=O) groups is 4. The average molecular weight is 756 g/mol. The van der Waals surface area contributed by atoms with Crippen LogP contribution in [0.2, 0.25) is 5.02 Å². The van der Waals surface area contributed by atoms with Gasteiger partial charge in [0, 0.05) is 48.2 Å². The minimum absolute atomic E-state index is 0.0822. The van der Waals surface area contributed by atoms with Crippen LogP contribution in [0, 0.1) is 23.7 Å². The van der Waals surface area contributed by atoms with Crippen molar-refractivity contribution in [3.63, 3.8) is 0 Å². The molecule has 5 aliphatic rings. The molecule has 4 fully saturated rings. The highest BCUT2D eigenvalue weighted by atomic mass is 35.5. The van der Waals surface area contributed by atoms with Gasteiger partial charge in [-0.1, -0.05) is 96.0 Å². The van der Waals surface area contributed by atoms with Crippen molar-refractivity contribution in [1.82, 2.24) is 9.80 Å². The fourth-order valence-corrected chi connectivity index (χ4v) is 10.7. The van der Waals surface area contributed by atoms with E-state index in [-0.39, 0.29) is 30.0 Å². The summed E-state index contributed by atoms with van der Waals surface area (Å²) in [7, 11) is 1.51. The largest absolute Gasteiger partial charge is 0.508 e. The topological polar surface area (TPSA) is 107 Å². The summed E-state index contributed by atoms with van der Waals surface area (Å²) in [5.41, 5.74) is 2.01. The van der Waals surface area contributed by atoms with Gasteiger partial charge in [-0.15, -0.1) is 0 Å². The van der Waals surface area contributed by atoms with Crippen LogP contribution in [0.5, 0.6) is 11.5 Å². The number of hydrogen-bond donors (Lipinski definition) is 1. The van der Waals surface area contributed by atoms with Crippen molar-refractivity contribution < 1.29 is 29.0 Å². The molecule has 0 aromatic heterocycles. The lowest BCUT2D eigenvalue weighted by Crippen LogP contribution is -2.53. The van der Waals surface area contributed by atoms with Gasteiger partial charge in [-0.3, -0.25) is 29.0 Å². The minimum atomic E-state index is -1.47. The molecule has 1 N–H and O–H groups in total. The highest BCUT2D eigenvalue weighted by Crippen LogP contribution is 2.65. The highest BCUT2D eigenvalue weighted by Gasteiger charge is 2.70. The van der Waals surface area contributed by atoms with Gasteiger partial charge in [0.2, 0.25) is 23.6 Å². The Morgan fingerprint density at radius 1 is 0.818 bits per heavy atom. The number of carbonyl (C=O) groups excluding carboxylic acids is 4. The highest BCUT2D eigenvalue weighted by molar-refractivity contribution is 6.32. The molecule has 0 bridgehead atoms. The first-order chi connectivity index (χ1) is 26.7. The first kappa shape index (κ1) is 35.5. The van der Waals surface area contributed by atoms with Crippen molar-refractivity contribution in [2.75, 3.05) is 25.1 Å². The molecule has 4 amide bonds. The number of phenolic OH excluding ortho intramolecular Hbond substituents is 1. The number of allylic oxidation sites excluding steroid dienone is 2. The van der Waals surface area contributed by atoms with E-state index in [4.69, 9.17) is 16.3 Å². The second-order valence-corrected chi connectivity index (χ2v) is 16.0. The van der Waals surface area contributed by atoms with Crippen LogP contribution in [-0.4, -0.2) is 64.8 Å². The first-order valence-electron chi connectivity index (χ1n) is 19.1. The molecule has 3 heterocycles. The second-order valence-electron chi connectivity index (χ2n) is 15.6. The first-order valence-corrected chi connectivity index (χ1v) is 19.5. The Labute approximate surface area is 325 Å². The van der Waals surface area contributed by atoms with Crippen LogP contribution < -0.4 is 9.64 Å². The van der Waals surface area contributed by atoms with E-state index in [2.05, 4.69) is 17.0 Å². The lowest BCUT2D eigenvalue weighted by Gasteiger charge is -2.50. The molecule has 280 valence electrons. The molecule has 4 aromatic rings. The molecule has 2 aliphatic carbocycles. The number of phenols is 1. The number of fused-ring (bicyclic) bond motifs is 4. The number of benzene rings is 4. The molecule has 4 aromatic carbocycles. The molecule has 3 aliphatic heterocycles. The SMILES string of the molecule is COc1ccc([C@H]2C3=CC[C@@H]4C(=O)N(C5CCN(Cc6ccccc6)CC5)C(=O)[C@@H]4[C@@H]3C[C@H]3C(=O)N(c4cccc(Cl)c4)C(=O)[C@@]23c2ccccc2)c(O)c1. The lowest BCUT2D eigenvalue weighted by atomic mass is 9.49. The summed E-state index contributed by atoms with van der Waals surface area (Å²) in [4.78, 5) is 64.7. The molecule has 9 nitrogen and oxygen atoms in total. The second kappa shape index (κ2) is 13.8. The number of amides is 4. The maximum absolute atomic E-state index is 15.4. The molecule has 10 heteroatoms. The third kappa shape index (κ3) is 5.53. The predicted octanol–water partition coefficient (Wildman–Crippen LogP) is 6.88. The van der Waals surface area contributed by atoms with Crippen LogP contribution >= 0.6 is 11.6 Å². The van der Waals surface area contributed by atoms with Gasteiger partial charge < -0.3 is 9.84 Å². The molecule has 55 heavy (non-hydrogen) atoms. The van der Waals surface area contributed by atoms with Crippen LogP contribution in [0.3, 0.4) is 0 Å². The van der Waals surface area contributed by atoms with E-state index in [1.54, 1.807) is 41.3 Å². The van der Waals surface area contributed by atoms with Crippen molar-refractivity contribution in [1.29, 1.82) is 0 Å². The Bertz CT molecular complexity index is 2220. The summed E-state index contributed by atoms with van der Waals surface area (Å²) in [6.45, 7) is 2.36. The normalized spacial score (nSPS) is 28.2. The predicted molar refractivity (Wildman–Crippen MR) is 207 cm³/mol. The molecule has 6 atom stereocenters. The molecular formula is C45H42ClN3O6. The monoisotopic (exact) mass is 755 g/mol. The number of methoxy groups -OCH3 is 1. The average Bonchev–Trinajstić information content (AvgIpc) is 3.59. The van der Waals surface area contributed by atoms with E-state index in [1.807, 2.05) is 54.6 Å². The smallest absolute Gasteiger partial charge is 0.246 e. The van der Waals surface area contributed by atoms with Crippen molar-refractivity contribution >= 4 is 40.9 Å². The van der Waals surface area contributed by atoms with Crippen molar-refractivity contribution in [2.45, 2.75) is 49.6 Å². The minimum Gasteiger partial charge on any atom is -0.508 e. The number of hydrogen-bond acceptors (Lipinski definition) is 7. The molecule has 0 radical (unpaired) electrons. The van der Waals surface area contributed by atoms with Crippen LogP contribution in [0.15, 0.2) is 115 Å². The molecule has 0 spiro atoms. The van der Waals surface area contributed by atoms with Gasteiger partial charge in [-0.05, 0) is 67.0 Å². The summed E-state index contributed by atoms with van der Waals surface area (Å²) in [6.07, 6.45) is 3.93. The van der Waals surface area contributed by atoms with Crippen LogP contribution in [0.4, 0.5) is 5.69 Å². The fourth-order valence-electron chi connectivity index (χ4n) is 10.5. The summed E-state index contributed by atoms with van der Waals surface area (Å²) in [6, 6.07) is 31.1. The van der Waals surface area contributed by atoms with E-state index in [1.165, 1.54) is 23.6 Å². The van der Waals surface area contributed by atoms with Gasteiger partial charge >= 0.3 is 0 Å². The number of rotatable bonds is 7. The molecule has 9 rings (SSSR count). The van der Waals surface area contributed by atoms with Gasteiger partial charge in [0.15, 0.2) is 0 Å². The number of nitrogens with zero attached hydrogens (tertiary/aromatic N) is 3. The summed E-state index contributed by atoms with van der Waals surface area (Å²) in [5.74, 6) is -4.30. The Morgan fingerprint density at radius 2 is 1.55 bits per heavy atom. The Balaban J connectivity index is 1.13. The summed E-state index contributed by atoms with van der Waals surface area (Å²) in [5, 5.41) is 12.1. The Morgan fingerprint density at radius 3 is 2.24 bits per heavy atom. The number of anilines is 1. The van der Waals surface area contributed by atoms with E-state index in [0.717, 1.165) is 25.2 Å². The molecule has 3 saturated heterocycles. The fraction of sp³-hybridized carbons (Fsp3) is 0.333. The summed E-state index contributed by atoms with van der Waals surface area (Å²) >= 11 is 6.43. The zero-order valence-corrected chi connectivity index (χ0v) is 31.3. The van der Waals surface area contributed by atoms with Crippen molar-refractivity contribution in [3.05, 3.63) is 136 Å². The van der Waals surface area contributed by atoms with Crippen molar-refractivity contribution in [2.24, 2.45) is 23.7 Å². The Hall–Kier alpha value is -5.25. The molecular weight excluding hydrogens is 714 g/mol. The van der Waals surface area contributed by atoms with Gasteiger partial charge in [0.05, 0.1) is 36.0 Å². The maximum atomic E-state index is 15.4. The van der Waals surface area contributed by atoms with Gasteiger partial charge in [-0.2, -0.15) is 0 Å². The van der Waals surface area contributed by atoms with Crippen LogP contribution in [0.1, 0.15) is 48.3 Å². The summed E-state index contributed by atoms with van der Waals surface area (Å²) < 4.78 is 5.45.